The lowest BCUT2D eigenvalue weighted by Gasteiger charge is -2.32. The molecular formula is C16H26ClN3O4S. The summed E-state index contributed by atoms with van der Waals surface area (Å²) >= 11 is 0. The highest BCUT2D eigenvalue weighted by Gasteiger charge is 2.21. The van der Waals surface area contributed by atoms with Crippen LogP contribution in [0.15, 0.2) is 29.2 Å². The molecule has 25 heavy (non-hydrogen) atoms. The van der Waals surface area contributed by atoms with E-state index < -0.39 is 10.0 Å². The Balaban J connectivity index is 0.00000312. The molecular weight excluding hydrogens is 366 g/mol. The Kier molecular flexibility index (Phi) is 8.64. The summed E-state index contributed by atoms with van der Waals surface area (Å²) in [6.45, 7) is 6.59. The minimum absolute atomic E-state index is 0. The van der Waals surface area contributed by atoms with E-state index >= 15 is 0 Å². The maximum atomic E-state index is 12.2. The second kappa shape index (κ2) is 9.96. The Hall–Kier alpha value is -1.35. The minimum Gasteiger partial charge on any atom is -0.494 e. The molecule has 0 aromatic heterocycles. The molecule has 1 fully saturated rings. The number of amides is 1. The first-order chi connectivity index (χ1) is 11.4. The van der Waals surface area contributed by atoms with Gasteiger partial charge in [-0.05, 0) is 38.1 Å². The summed E-state index contributed by atoms with van der Waals surface area (Å²) in [5, 5.41) is 3.27. The van der Waals surface area contributed by atoms with Gasteiger partial charge in [0.25, 0.3) is 0 Å². The number of halogens is 1. The molecule has 2 rings (SSSR count). The number of rotatable bonds is 7. The van der Waals surface area contributed by atoms with Gasteiger partial charge in [0, 0.05) is 38.6 Å². The molecule has 1 aromatic carbocycles. The van der Waals surface area contributed by atoms with Gasteiger partial charge in [0.2, 0.25) is 15.9 Å². The normalized spacial score (nSPS) is 17.7. The van der Waals surface area contributed by atoms with Crippen LogP contribution >= 0.6 is 12.4 Å². The number of sulfonamides is 1. The van der Waals surface area contributed by atoms with Crippen molar-refractivity contribution in [1.29, 1.82) is 0 Å². The predicted octanol–water partition coefficient (Wildman–Crippen LogP) is 0.996. The highest BCUT2D eigenvalue weighted by molar-refractivity contribution is 7.89. The summed E-state index contributed by atoms with van der Waals surface area (Å²) in [5.74, 6) is 0.595. The molecule has 2 N–H and O–H groups in total. The zero-order valence-corrected chi connectivity index (χ0v) is 16.2. The summed E-state index contributed by atoms with van der Waals surface area (Å²) in [4.78, 5) is 14.1. The number of hydrogen-bond acceptors (Lipinski definition) is 5. The monoisotopic (exact) mass is 391 g/mol. The summed E-state index contributed by atoms with van der Waals surface area (Å²) in [5.41, 5.74) is 0. The fourth-order valence-electron chi connectivity index (χ4n) is 2.57. The van der Waals surface area contributed by atoms with Crippen molar-refractivity contribution in [3.05, 3.63) is 24.3 Å². The zero-order valence-electron chi connectivity index (χ0n) is 14.5. The van der Waals surface area contributed by atoms with Gasteiger partial charge in [-0.3, -0.25) is 4.79 Å². The predicted molar refractivity (Wildman–Crippen MR) is 98.7 cm³/mol. The van der Waals surface area contributed by atoms with Gasteiger partial charge in [-0.1, -0.05) is 0 Å². The highest BCUT2D eigenvalue weighted by atomic mass is 35.5. The van der Waals surface area contributed by atoms with Crippen LogP contribution in [0.5, 0.6) is 5.75 Å². The fourth-order valence-corrected chi connectivity index (χ4v) is 3.61. The van der Waals surface area contributed by atoms with Gasteiger partial charge in [-0.15, -0.1) is 12.4 Å². The maximum absolute atomic E-state index is 12.2. The molecule has 0 aliphatic carbocycles. The lowest BCUT2D eigenvalue weighted by Crippen LogP contribution is -2.51. The van der Waals surface area contributed by atoms with Crippen molar-refractivity contribution in [3.8, 4) is 5.75 Å². The summed E-state index contributed by atoms with van der Waals surface area (Å²) in [6, 6.07) is 6.49. The maximum Gasteiger partial charge on any atom is 0.240 e. The summed E-state index contributed by atoms with van der Waals surface area (Å²) in [7, 11) is -3.62. The van der Waals surface area contributed by atoms with Gasteiger partial charge in [0.05, 0.1) is 11.5 Å². The molecule has 9 heteroatoms. The van der Waals surface area contributed by atoms with Crippen LogP contribution in [0, 0.1) is 0 Å². The Morgan fingerprint density at radius 2 is 2.04 bits per heavy atom. The van der Waals surface area contributed by atoms with E-state index in [2.05, 4.69) is 10.0 Å². The van der Waals surface area contributed by atoms with E-state index in [9.17, 15) is 13.2 Å². The third-order valence-corrected chi connectivity index (χ3v) is 5.27. The standard InChI is InChI=1S/C16H25N3O4S.ClH/c1-3-23-14-4-6-15(7-5-14)24(21,22)18-9-8-16(20)19-11-10-17-13(2)12-19;/h4-7,13,17-18H,3,8-12H2,1-2H3;1H. The van der Waals surface area contributed by atoms with Crippen LogP contribution in [0.1, 0.15) is 20.3 Å². The van der Waals surface area contributed by atoms with Crippen molar-refractivity contribution in [2.75, 3.05) is 32.8 Å². The van der Waals surface area contributed by atoms with Crippen molar-refractivity contribution < 1.29 is 17.9 Å². The van der Waals surface area contributed by atoms with Gasteiger partial charge in [0.15, 0.2) is 0 Å². The zero-order chi connectivity index (χ0) is 17.6. The van der Waals surface area contributed by atoms with E-state index in [-0.39, 0.29) is 42.2 Å². The van der Waals surface area contributed by atoms with Crippen LogP contribution in [-0.4, -0.2) is 58.1 Å². The SMILES string of the molecule is CCOc1ccc(S(=O)(=O)NCCC(=O)N2CCNC(C)C2)cc1.Cl. The van der Waals surface area contributed by atoms with Crippen LogP contribution in [0.2, 0.25) is 0 Å². The van der Waals surface area contributed by atoms with Crippen LogP contribution < -0.4 is 14.8 Å². The van der Waals surface area contributed by atoms with E-state index in [0.29, 0.717) is 25.4 Å². The van der Waals surface area contributed by atoms with Gasteiger partial charge >= 0.3 is 0 Å². The number of carbonyl (C=O) groups is 1. The summed E-state index contributed by atoms with van der Waals surface area (Å²) in [6.07, 6.45) is 0.156. The molecule has 1 aliphatic rings. The van der Waals surface area contributed by atoms with Crippen LogP contribution in [0.3, 0.4) is 0 Å². The molecule has 142 valence electrons. The summed E-state index contributed by atoms with van der Waals surface area (Å²) < 4.78 is 32.2. The second-order valence-electron chi connectivity index (χ2n) is 5.75. The third-order valence-electron chi connectivity index (χ3n) is 3.80. The van der Waals surface area contributed by atoms with E-state index in [4.69, 9.17) is 4.74 Å². The molecule has 0 radical (unpaired) electrons. The van der Waals surface area contributed by atoms with Crippen molar-refractivity contribution in [1.82, 2.24) is 14.9 Å². The highest BCUT2D eigenvalue weighted by Crippen LogP contribution is 2.15. The molecule has 1 heterocycles. The number of benzene rings is 1. The Bertz CT molecular complexity index is 652. The Morgan fingerprint density at radius 3 is 2.64 bits per heavy atom. The molecule has 1 unspecified atom stereocenters. The lowest BCUT2D eigenvalue weighted by atomic mass is 10.2. The van der Waals surface area contributed by atoms with Gasteiger partial charge in [0.1, 0.15) is 5.75 Å². The van der Waals surface area contributed by atoms with Gasteiger partial charge in [-0.25, -0.2) is 13.1 Å². The quantitative estimate of drug-likeness (QED) is 0.723. The van der Waals surface area contributed by atoms with E-state index in [1.165, 1.54) is 12.1 Å². The van der Waals surface area contributed by atoms with Gasteiger partial charge in [-0.2, -0.15) is 0 Å². The van der Waals surface area contributed by atoms with Crippen LogP contribution in [0.25, 0.3) is 0 Å². The largest absolute Gasteiger partial charge is 0.494 e. The van der Waals surface area contributed by atoms with Crippen molar-refractivity contribution in [2.24, 2.45) is 0 Å². The lowest BCUT2D eigenvalue weighted by molar-refractivity contribution is -0.132. The number of hydrogen-bond donors (Lipinski definition) is 2. The fraction of sp³-hybridized carbons (Fsp3) is 0.562. The van der Waals surface area contributed by atoms with E-state index in [0.717, 1.165) is 6.54 Å². The number of nitrogens with zero attached hydrogens (tertiary/aromatic N) is 1. The number of piperazine rings is 1. The van der Waals surface area contributed by atoms with Crippen molar-refractivity contribution in [3.63, 3.8) is 0 Å². The molecule has 1 aliphatic heterocycles. The average Bonchev–Trinajstić information content (AvgIpc) is 2.55. The van der Waals surface area contributed by atoms with Crippen LogP contribution in [0.4, 0.5) is 0 Å². The molecule has 0 bridgehead atoms. The molecule has 1 amide bonds. The van der Waals surface area contributed by atoms with Crippen molar-refractivity contribution >= 4 is 28.3 Å². The smallest absolute Gasteiger partial charge is 0.240 e. The second-order valence-corrected chi connectivity index (χ2v) is 7.51. The number of nitrogens with one attached hydrogen (secondary N) is 2. The first kappa shape index (κ1) is 21.7. The molecule has 1 atom stereocenters. The molecule has 1 saturated heterocycles. The van der Waals surface area contributed by atoms with E-state index in [1.54, 1.807) is 17.0 Å². The Labute approximate surface area is 155 Å². The van der Waals surface area contributed by atoms with E-state index in [1.807, 2.05) is 13.8 Å². The third kappa shape index (κ3) is 6.47. The van der Waals surface area contributed by atoms with Crippen molar-refractivity contribution in [2.45, 2.75) is 31.2 Å². The molecule has 0 saturated carbocycles. The van der Waals surface area contributed by atoms with Gasteiger partial charge < -0.3 is 15.0 Å². The first-order valence-electron chi connectivity index (χ1n) is 8.16. The molecule has 7 nitrogen and oxygen atoms in total. The van der Waals surface area contributed by atoms with Crippen LogP contribution in [-0.2, 0) is 14.8 Å². The number of ether oxygens (including phenoxy) is 1. The minimum atomic E-state index is -3.62. The number of carbonyl (C=O) groups excluding carboxylic acids is 1. The first-order valence-corrected chi connectivity index (χ1v) is 9.64. The molecule has 1 aromatic rings. The average molecular weight is 392 g/mol. The Morgan fingerprint density at radius 1 is 1.36 bits per heavy atom. The molecule has 0 spiro atoms. The topological polar surface area (TPSA) is 87.7 Å².